The van der Waals surface area contributed by atoms with Crippen LogP contribution in [0.5, 0.6) is 5.75 Å². The van der Waals surface area contributed by atoms with Gasteiger partial charge in [-0.05, 0) is 29.8 Å². The van der Waals surface area contributed by atoms with Crippen molar-refractivity contribution in [1.29, 1.82) is 0 Å². The van der Waals surface area contributed by atoms with Crippen LogP contribution in [0.25, 0.3) is 0 Å². The summed E-state index contributed by atoms with van der Waals surface area (Å²) in [5, 5.41) is 0.258. The Morgan fingerprint density at radius 3 is 2.70 bits per heavy atom. The summed E-state index contributed by atoms with van der Waals surface area (Å²) in [6.45, 7) is 0.267. The number of ether oxygens (including phenoxy) is 1. The number of hydrogen-bond donors (Lipinski definition) is 2. The highest BCUT2D eigenvalue weighted by molar-refractivity contribution is 9.10. The van der Waals surface area contributed by atoms with E-state index in [0.29, 0.717) is 5.69 Å². The molecule has 104 valence electrons. The third-order valence-corrected chi connectivity index (χ3v) is 3.38. The van der Waals surface area contributed by atoms with Crippen LogP contribution >= 0.6 is 27.5 Å². The molecule has 0 aliphatic carbocycles. The lowest BCUT2D eigenvalue weighted by Gasteiger charge is -2.12. The Labute approximate surface area is 129 Å². The van der Waals surface area contributed by atoms with Crippen molar-refractivity contribution in [3.8, 4) is 5.75 Å². The van der Waals surface area contributed by atoms with Gasteiger partial charge in [0.05, 0.1) is 10.6 Å². The van der Waals surface area contributed by atoms with Gasteiger partial charge in [0.15, 0.2) is 5.75 Å². The molecular formula is C14H12BrClN2O2. The number of nitrogen functional groups attached to an aromatic ring is 1. The monoisotopic (exact) mass is 354 g/mol. The van der Waals surface area contributed by atoms with Crippen LogP contribution in [0.15, 0.2) is 40.9 Å². The first kappa shape index (κ1) is 14.7. The standard InChI is InChI=1S/C14H12BrClN2O2/c15-9-3-1-2-8(4-9)7-20-13-11(14(18)19)5-10(17)6-12(13)16/h1-6H,7,17H2,(H2,18,19). The molecule has 6 heteroatoms. The predicted octanol–water partition coefficient (Wildman–Crippen LogP) is 3.36. The van der Waals surface area contributed by atoms with Crippen molar-refractivity contribution in [3.05, 3.63) is 57.0 Å². The number of anilines is 1. The Bertz CT molecular complexity index is 662. The molecule has 0 unspecified atom stereocenters. The van der Waals surface area contributed by atoms with Crippen LogP contribution in [0.4, 0.5) is 5.69 Å². The highest BCUT2D eigenvalue weighted by atomic mass is 79.9. The summed E-state index contributed by atoms with van der Waals surface area (Å²) in [5.74, 6) is -0.392. The van der Waals surface area contributed by atoms with Crippen molar-refractivity contribution in [1.82, 2.24) is 0 Å². The van der Waals surface area contributed by atoms with Crippen LogP contribution in [-0.2, 0) is 6.61 Å². The normalized spacial score (nSPS) is 10.3. The van der Waals surface area contributed by atoms with E-state index in [-0.39, 0.29) is 22.9 Å². The number of carbonyl (C=O) groups excluding carboxylic acids is 1. The molecule has 0 radical (unpaired) electrons. The van der Waals surface area contributed by atoms with Crippen LogP contribution in [0, 0.1) is 0 Å². The van der Waals surface area contributed by atoms with E-state index >= 15 is 0 Å². The largest absolute Gasteiger partial charge is 0.486 e. The molecule has 2 aromatic carbocycles. The molecule has 0 fully saturated rings. The molecule has 4 nitrogen and oxygen atoms in total. The maximum atomic E-state index is 11.4. The van der Waals surface area contributed by atoms with Crippen LogP contribution in [0.2, 0.25) is 5.02 Å². The summed E-state index contributed by atoms with van der Waals surface area (Å²) in [4.78, 5) is 11.4. The number of benzene rings is 2. The second kappa shape index (κ2) is 6.15. The van der Waals surface area contributed by atoms with Gasteiger partial charge in [0.2, 0.25) is 0 Å². The van der Waals surface area contributed by atoms with Gasteiger partial charge in [0, 0.05) is 10.2 Å². The van der Waals surface area contributed by atoms with Crippen molar-refractivity contribution in [2.45, 2.75) is 6.61 Å². The van der Waals surface area contributed by atoms with Gasteiger partial charge in [-0.1, -0.05) is 39.7 Å². The Morgan fingerprint density at radius 2 is 2.05 bits per heavy atom. The second-order valence-corrected chi connectivity index (χ2v) is 5.49. The van der Waals surface area contributed by atoms with E-state index in [1.807, 2.05) is 24.3 Å². The van der Waals surface area contributed by atoms with Gasteiger partial charge in [-0.3, -0.25) is 4.79 Å². The average Bonchev–Trinajstić information content (AvgIpc) is 2.36. The summed E-state index contributed by atoms with van der Waals surface area (Å²) in [6, 6.07) is 10.6. The minimum atomic E-state index is -0.636. The van der Waals surface area contributed by atoms with E-state index in [0.717, 1.165) is 10.0 Å². The van der Waals surface area contributed by atoms with Crippen molar-refractivity contribution >= 4 is 39.1 Å². The molecule has 0 heterocycles. The number of amides is 1. The quantitative estimate of drug-likeness (QED) is 0.825. The Morgan fingerprint density at radius 1 is 1.30 bits per heavy atom. The maximum Gasteiger partial charge on any atom is 0.252 e. The number of hydrogen-bond acceptors (Lipinski definition) is 3. The van der Waals surface area contributed by atoms with E-state index in [9.17, 15) is 4.79 Å². The lowest BCUT2D eigenvalue weighted by Crippen LogP contribution is -2.14. The molecule has 2 rings (SSSR count). The van der Waals surface area contributed by atoms with Gasteiger partial charge in [0.1, 0.15) is 6.61 Å². The molecule has 0 aliphatic rings. The lowest BCUT2D eigenvalue weighted by atomic mass is 10.1. The van der Waals surface area contributed by atoms with Gasteiger partial charge >= 0.3 is 0 Å². The molecule has 0 saturated heterocycles. The Balaban J connectivity index is 2.27. The number of halogens is 2. The maximum absolute atomic E-state index is 11.4. The van der Waals surface area contributed by atoms with Gasteiger partial charge in [0.25, 0.3) is 5.91 Å². The highest BCUT2D eigenvalue weighted by Crippen LogP contribution is 2.32. The van der Waals surface area contributed by atoms with Crippen molar-refractivity contribution < 1.29 is 9.53 Å². The molecule has 0 aromatic heterocycles. The summed E-state index contributed by atoms with van der Waals surface area (Å²) in [6.07, 6.45) is 0. The first-order chi connectivity index (χ1) is 9.47. The zero-order chi connectivity index (χ0) is 14.7. The molecule has 4 N–H and O–H groups in total. The van der Waals surface area contributed by atoms with E-state index in [2.05, 4.69) is 15.9 Å². The topological polar surface area (TPSA) is 78.3 Å². The van der Waals surface area contributed by atoms with Crippen LogP contribution in [0.3, 0.4) is 0 Å². The number of primary amides is 1. The van der Waals surface area contributed by atoms with E-state index < -0.39 is 5.91 Å². The fourth-order valence-electron chi connectivity index (χ4n) is 1.73. The number of rotatable bonds is 4. The van der Waals surface area contributed by atoms with Crippen LogP contribution in [-0.4, -0.2) is 5.91 Å². The molecule has 2 aromatic rings. The zero-order valence-corrected chi connectivity index (χ0v) is 12.7. The van der Waals surface area contributed by atoms with Crippen LogP contribution < -0.4 is 16.2 Å². The molecule has 0 aliphatic heterocycles. The lowest BCUT2D eigenvalue weighted by molar-refractivity contribution is 0.0996. The van der Waals surface area contributed by atoms with E-state index in [4.69, 9.17) is 27.8 Å². The van der Waals surface area contributed by atoms with Crippen molar-refractivity contribution in [2.24, 2.45) is 5.73 Å². The van der Waals surface area contributed by atoms with Gasteiger partial charge < -0.3 is 16.2 Å². The minimum Gasteiger partial charge on any atom is -0.486 e. The average molecular weight is 356 g/mol. The fraction of sp³-hybridized carbons (Fsp3) is 0.0714. The summed E-state index contributed by atoms with van der Waals surface area (Å²) in [7, 11) is 0. The number of nitrogens with two attached hydrogens (primary N) is 2. The van der Waals surface area contributed by atoms with Crippen molar-refractivity contribution in [3.63, 3.8) is 0 Å². The van der Waals surface area contributed by atoms with Crippen molar-refractivity contribution in [2.75, 3.05) is 5.73 Å². The fourth-order valence-corrected chi connectivity index (χ4v) is 2.46. The highest BCUT2D eigenvalue weighted by Gasteiger charge is 2.15. The van der Waals surface area contributed by atoms with E-state index in [1.165, 1.54) is 12.1 Å². The first-order valence-electron chi connectivity index (χ1n) is 5.73. The predicted molar refractivity (Wildman–Crippen MR) is 82.9 cm³/mol. The second-order valence-electron chi connectivity index (χ2n) is 4.16. The zero-order valence-electron chi connectivity index (χ0n) is 10.4. The Kier molecular flexibility index (Phi) is 4.52. The summed E-state index contributed by atoms with van der Waals surface area (Å²) in [5.41, 5.74) is 12.4. The summed E-state index contributed by atoms with van der Waals surface area (Å²) < 4.78 is 6.56. The molecule has 0 atom stereocenters. The molecule has 20 heavy (non-hydrogen) atoms. The van der Waals surface area contributed by atoms with Gasteiger partial charge in [-0.2, -0.15) is 0 Å². The molecule has 1 amide bonds. The van der Waals surface area contributed by atoms with E-state index in [1.54, 1.807) is 0 Å². The molecule has 0 saturated carbocycles. The number of carbonyl (C=O) groups is 1. The minimum absolute atomic E-state index is 0.171. The first-order valence-corrected chi connectivity index (χ1v) is 6.90. The van der Waals surface area contributed by atoms with Crippen LogP contribution in [0.1, 0.15) is 15.9 Å². The molecule has 0 bridgehead atoms. The molecular weight excluding hydrogens is 344 g/mol. The third kappa shape index (κ3) is 3.43. The SMILES string of the molecule is NC(=O)c1cc(N)cc(Cl)c1OCc1cccc(Br)c1. The van der Waals surface area contributed by atoms with Gasteiger partial charge in [-0.15, -0.1) is 0 Å². The third-order valence-electron chi connectivity index (χ3n) is 2.60. The summed E-state index contributed by atoms with van der Waals surface area (Å²) >= 11 is 9.43. The smallest absolute Gasteiger partial charge is 0.252 e. The Hall–Kier alpha value is -1.72. The van der Waals surface area contributed by atoms with Gasteiger partial charge in [-0.25, -0.2) is 0 Å². The molecule has 0 spiro atoms.